The third-order valence-electron chi connectivity index (χ3n) is 5.38. The van der Waals surface area contributed by atoms with Crippen molar-refractivity contribution in [3.63, 3.8) is 0 Å². The van der Waals surface area contributed by atoms with E-state index in [1.165, 1.54) is 12.5 Å². The molecule has 0 radical (unpaired) electrons. The van der Waals surface area contributed by atoms with E-state index in [1.807, 2.05) is 4.90 Å². The molecule has 3 rings (SSSR count). The van der Waals surface area contributed by atoms with E-state index in [1.54, 1.807) is 4.90 Å². The van der Waals surface area contributed by atoms with Gasteiger partial charge in [0.05, 0.1) is 22.2 Å². The van der Waals surface area contributed by atoms with Gasteiger partial charge >= 0.3 is 0 Å². The maximum atomic E-state index is 13.7. The first-order chi connectivity index (χ1) is 12.9. The lowest BCUT2D eigenvalue weighted by atomic mass is 10.0. The van der Waals surface area contributed by atoms with Crippen LogP contribution in [0.25, 0.3) is 0 Å². The summed E-state index contributed by atoms with van der Waals surface area (Å²) in [6.07, 6.45) is 3.31. The van der Waals surface area contributed by atoms with Gasteiger partial charge in [-0.25, -0.2) is 4.39 Å². The molecule has 8 heteroatoms. The number of nitrogens with zero attached hydrogens (tertiary/aromatic N) is 3. The summed E-state index contributed by atoms with van der Waals surface area (Å²) in [6.45, 7) is 5.47. The van der Waals surface area contributed by atoms with Crippen molar-refractivity contribution in [3.05, 3.63) is 33.6 Å². The van der Waals surface area contributed by atoms with E-state index in [0.29, 0.717) is 38.8 Å². The normalized spacial score (nSPS) is 21.4. The van der Waals surface area contributed by atoms with Gasteiger partial charge in [0, 0.05) is 38.8 Å². The molecule has 2 fully saturated rings. The summed E-state index contributed by atoms with van der Waals surface area (Å²) in [5.74, 6) is -0.819. The van der Waals surface area contributed by atoms with E-state index in [4.69, 9.17) is 23.2 Å². The van der Waals surface area contributed by atoms with E-state index in [0.717, 1.165) is 25.5 Å². The van der Waals surface area contributed by atoms with Gasteiger partial charge in [0.15, 0.2) is 0 Å². The lowest BCUT2D eigenvalue weighted by Crippen LogP contribution is -2.53. The lowest BCUT2D eigenvalue weighted by Gasteiger charge is -2.38. The Bertz CT molecular complexity index is 723. The van der Waals surface area contributed by atoms with E-state index in [2.05, 4.69) is 11.8 Å². The van der Waals surface area contributed by atoms with Crippen molar-refractivity contribution in [2.45, 2.75) is 32.2 Å². The highest BCUT2D eigenvalue weighted by molar-refractivity contribution is 6.36. The maximum Gasteiger partial charge on any atom is 0.255 e. The van der Waals surface area contributed by atoms with Crippen LogP contribution < -0.4 is 0 Å². The molecule has 1 aromatic carbocycles. The molecule has 0 aromatic heterocycles. The van der Waals surface area contributed by atoms with Gasteiger partial charge in [-0.3, -0.25) is 14.5 Å². The first-order valence-electron chi connectivity index (χ1n) is 9.32. The van der Waals surface area contributed by atoms with Gasteiger partial charge in [-0.1, -0.05) is 23.2 Å². The van der Waals surface area contributed by atoms with Crippen LogP contribution in [0.3, 0.4) is 0 Å². The minimum absolute atomic E-state index is 0.105. The van der Waals surface area contributed by atoms with Crippen molar-refractivity contribution in [1.82, 2.24) is 14.7 Å². The molecule has 0 saturated carbocycles. The summed E-state index contributed by atoms with van der Waals surface area (Å²) in [4.78, 5) is 30.9. The molecule has 148 valence electrons. The van der Waals surface area contributed by atoms with Gasteiger partial charge in [-0.05, 0) is 38.3 Å². The first-order valence-corrected chi connectivity index (χ1v) is 10.1. The third kappa shape index (κ3) is 4.73. The Balaban J connectivity index is 1.55. The average Bonchev–Trinajstić information content (AvgIpc) is 2.65. The van der Waals surface area contributed by atoms with Crippen LogP contribution >= 0.6 is 23.2 Å². The summed E-state index contributed by atoms with van der Waals surface area (Å²) in [5, 5.41) is 0.0370. The molecule has 0 aliphatic carbocycles. The van der Waals surface area contributed by atoms with Gasteiger partial charge in [-0.15, -0.1) is 0 Å². The number of benzene rings is 1. The van der Waals surface area contributed by atoms with Crippen LogP contribution in [0.15, 0.2) is 12.1 Å². The number of amides is 2. The summed E-state index contributed by atoms with van der Waals surface area (Å²) in [5.41, 5.74) is 0.116. The Labute approximate surface area is 169 Å². The Morgan fingerprint density at radius 3 is 2.44 bits per heavy atom. The SMILES string of the molecule is CC1CCCCN1C(=O)CN1CCN(C(=O)c2cc(F)c(Cl)cc2Cl)CC1. The second-order valence-corrected chi connectivity index (χ2v) is 8.06. The molecule has 2 amide bonds. The van der Waals surface area contributed by atoms with Crippen molar-refractivity contribution >= 4 is 35.0 Å². The molecule has 27 heavy (non-hydrogen) atoms. The Morgan fingerprint density at radius 1 is 1.07 bits per heavy atom. The van der Waals surface area contributed by atoms with Crippen molar-refractivity contribution in [2.24, 2.45) is 0 Å². The molecule has 2 aliphatic rings. The smallest absolute Gasteiger partial charge is 0.255 e. The van der Waals surface area contributed by atoms with Gasteiger partial charge in [0.1, 0.15) is 5.82 Å². The quantitative estimate of drug-likeness (QED) is 0.711. The molecule has 0 N–H and O–H groups in total. The van der Waals surface area contributed by atoms with Crippen molar-refractivity contribution in [2.75, 3.05) is 39.3 Å². The fourth-order valence-electron chi connectivity index (χ4n) is 3.72. The molecule has 1 atom stereocenters. The number of rotatable bonds is 3. The molecule has 0 bridgehead atoms. The van der Waals surface area contributed by atoms with Gasteiger partial charge in [0.2, 0.25) is 5.91 Å². The first kappa shape index (κ1) is 20.4. The Kier molecular flexibility index (Phi) is 6.61. The zero-order valence-electron chi connectivity index (χ0n) is 15.4. The predicted octanol–water partition coefficient (Wildman–Crippen LogP) is 3.29. The summed E-state index contributed by atoms with van der Waals surface area (Å²) >= 11 is 11.7. The molecular formula is C19H24Cl2FN3O2. The van der Waals surface area contributed by atoms with Crippen LogP contribution in [0.1, 0.15) is 36.5 Å². The summed E-state index contributed by atoms with van der Waals surface area (Å²) in [6, 6.07) is 2.64. The molecule has 2 heterocycles. The summed E-state index contributed by atoms with van der Waals surface area (Å²) in [7, 11) is 0. The number of hydrogen-bond acceptors (Lipinski definition) is 3. The maximum absolute atomic E-state index is 13.7. The standard InChI is InChI=1S/C19H24Cl2FN3O2/c1-13-4-2-3-5-25(13)18(26)12-23-6-8-24(9-7-23)19(27)14-10-17(22)16(21)11-15(14)20/h10-11,13H,2-9,12H2,1H3. The van der Waals surface area contributed by atoms with Crippen LogP contribution in [0.4, 0.5) is 4.39 Å². The van der Waals surface area contributed by atoms with Gasteiger partial charge < -0.3 is 9.80 Å². The van der Waals surface area contributed by atoms with Crippen LogP contribution in [-0.2, 0) is 4.79 Å². The fraction of sp³-hybridized carbons (Fsp3) is 0.579. The zero-order chi connectivity index (χ0) is 19.6. The second kappa shape index (κ2) is 8.76. The monoisotopic (exact) mass is 415 g/mol. The molecule has 0 spiro atoms. The number of carbonyl (C=O) groups excluding carboxylic acids is 2. The van der Waals surface area contributed by atoms with Crippen LogP contribution in [0, 0.1) is 5.82 Å². The number of piperidine rings is 1. The Hall–Kier alpha value is -1.37. The largest absolute Gasteiger partial charge is 0.339 e. The fourth-order valence-corrected chi connectivity index (χ4v) is 4.18. The summed E-state index contributed by atoms with van der Waals surface area (Å²) < 4.78 is 13.7. The average molecular weight is 416 g/mol. The number of halogens is 3. The highest BCUT2D eigenvalue weighted by Gasteiger charge is 2.28. The second-order valence-electron chi connectivity index (χ2n) is 7.25. The third-order valence-corrected chi connectivity index (χ3v) is 5.98. The number of hydrogen-bond donors (Lipinski definition) is 0. The van der Waals surface area contributed by atoms with E-state index >= 15 is 0 Å². The van der Waals surface area contributed by atoms with Crippen molar-refractivity contribution in [1.29, 1.82) is 0 Å². The molecule has 1 aromatic rings. The molecule has 1 unspecified atom stereocenters. The minimum atomic E-state index is -0.663. The number of likely N-dealkylation sites (tertiary alicyclic amines) is 1. The van der Waals surface area contributed by atoms with Crippen LogP contribution in [-0.4, -0.2) is 71.8 Å². The molecular weight excluding hydrogens is 392 g/mol. The van der Waals surface area contributed by atoms with Gasteiger partial charge in [-0.2, -0.15) is 0 Å². The van der Waals surface area contributed by atoms with Crippen LogP contribution in [0.2, 0.25) is 10.0 Å². The predicted molar refractivity (Wildman–Crippen MR) is 104 cm³/mol. The topological polar surface area (TPSA) is 43.9 Å². The minimum Gasteiger partial charge on any atom is -0.339 e. The van der Waals surface area contributed by atoms with E-state index in [9.17, 15) is 14.0 Å². The molecule has 2 aliphatic heterocycles. The van der Waals surface area contributed by atoms with E-state index < -0.39 is 5.82 Å². The zero-order valence-corrected chi connectivity index (χ0v) is 16.9. The van der Waals surface area contributed by atoms with Crippen LogP contribution in [0.5, 0.6) is 0 Å². The van der Waals surface area contributed by atoms with Crippen molar-refractivity contribution < 1.29 is 14.0 Å². The molecule has 5 nitrogen and oxygen atoms in total. The number of carbonyl (C=O) groups is 2. The van der Waals surface area contributed by atoms with E-state index in [-0.39, 0.29) is 27.4 Å². The Morgan fingerprint density at radius 2 is 1.78 bits per heavy atom. The highest BCUT2D eigenvalue weighted by atomic mass is 35.5. The van der Waals surface area contributed by atoms with Gasteiger partial charge in [0.25, 0.3) is 5.91 Å². The lowest BCUT2D eigenvalue weighted by molar-refractivity contribution is -0.136. The number of piperazine rings is 1. The highest BCUT2D eigenvalue weighted by Crippen LogP contribution is 2.26. The van der Waals surface area contributed by atoms with Crippen molar-refractivity contribution in [3.8, 4) is 0 Å². The molecule has 2 saturated heterocycles.